The molecule has 0 aromatic heterocycles. The van der Waals surface area contributed by atoms with Crippen LogP contribution in [0.5, 0.6) is 0 Å². The van der Waals surface area contributed by atoms with Crippen molar-refractivity contribution in [3.63, 3.8) is 0 Å². The van der Waals surface area contributed by atoms with E-state index in [0.29, 0.717) is 0 Å². The first-order chi connectivity index (χ1) is 7.77. The lowest BCUT2D eigenvalue weighted by atomic mass is 9.96. The van der Waals surface area contributed by atoms with Gasteiger partial charge in [0.1, 0.15) is 0 Å². The fraction of sp³-hybridized carbons (Fsp3) is 1.00. The lowest BCUT2D eigenvalue weighted by Gasteiger charge is -2.23. The average molecular weight is 225 g/mol. The Morgan fingerprint density at radius 2 is 1.88 bits per heavy atom. The zero-order chi connectivity index (χ0) is 11.8. The molecule has 1 aliphatic carbocycles. The van der Waals surface area contributed by atoms with Gasteiger partial charge in [0.05, 0.1) is 0 Å². The molecule has 1 saturated carbocycles. The van der Waals surface area contributed by atoms with Gasteiger partial charge in [0.2, 0.25) is 0 Å². The van der Waals surface area contributed by atoms with Crippen molar-refractivity contribution in [2.75, 3.05) is 6.54 Å². The maximum atomic E-state index is 3.78. The Hall–Kier alpha value is -0.0400. The highest BCUT2D eigenvalue weighted by Crippen LogP contribution is 2.27. The molecule has 0 spiro atoms. The minimum absolute atomic E-state index is 0.748. The van der Waals surface area contributed by atoms with Gasteiger partial charge < -0.3 is 5.32 Å². The summed E-state index contributed by atoms with van der Waals surface area (Å²) in [7, 11) is 0. The molecule has 96 valence electrons. The van der Waals surface area contributed by atoms with Crippen LogP contribution in [0.15, 0.2) is 0 Å². The number of nitrogens with one attached hydrogen (secondary N) is 1. The zero-order valence-electron chi connectivity index (χ0n) is 11.6. The Morgan fingerprint density at radius 1 is 1.19 bits per heavy atom. The summed E-state index contributed by atoms with van der Waals surface area (Å²) in [6.45, 7) is 8.26. The predicted molar refractivity (Wildman–Crippen MR) is 72.7 cm³/mol. The molecule has 0 radical (unpaired) electrons. The molecule has 0 saturated heterocycles. The molecule has 0 amide bonds. The third-order valence-electron chi connectivity index (χ3n) is 4.38. The Bertz CT molecular complexity index is 161. The molecule has 0 heterocycles. The van der Waals surface area contributed by atoms with Crippen LogP contribution in [0.3, 0.4) is 0 Å². The molecule has 1 rings (SSSR count). The van der Waals surface area contributed by atoms with Crippen molar-refractivity contribution in [2.24, 2.45) is 11.8 Å². The van der Waals surface area contributed by atoms with Gasteiger partial charge in [-0.15, -0.1) is 0 Å². The molecule has 16 heavy (non-hydrogen) atoms. The van der Waals surface area contributed by atoms with Crippen molar-refractivity contribution in [1.29, 1.82) is 0 Å². The smallest absolute Gasteiger partial charge is 0.00671 e. The van der Waals surface area contributed by atoms with E-state index in [1.165, 1.54) is 57.9 Å². The molecule has 1 N–H and O–H groups in total. The molecular formula is C15H31N. The maximum Gasteiger partial charge on any atom is 0.00671 e. The largest absolute Gasteiger partial charge is 0.314 e. The quantitative estimate of drug-likeness (QED) is 0.647. The molecule has 0 aliphatic heterocycles. The molecule has 2 unspecified atom stereocenters. The molecule has 1 heteroatoms. The van der Waals surface area contributed by atoms with Crippen molar-refractivity contribution in [2.45, 2.75) is 78.2 Å². The Balaban J connectivity index is 2.14. The van der Waals surface area contributed by atoms with Crippen LogP contribution in [0.2, 0.25) is 0 Å². The second-order valence-corrected chi connectivity index (χ2v) is 5.66. The van der Waals surface area contributed by atoms with Crippen molar-refractivity contribution < 1.29 is 0 Å². The summed E-state index contributed by atoms with van der Waals surface area (Å²) >= 11 is 0. The van der Waals surface area contributed by atoms with Crippen LogP contribution in [0, 0.1) is 11.8 Å². The maximum absolute atomic E-state index is 3.78. The minimum atomic E-state index is 0.748. The highest BCUT2D eigenvalue weighted by atomic mass is 14.9. The predicted octanol–water partition coefficient (Wildman–Crippen LogP) is 4.37. The van der Waals surface area contributed by atoms with Crippen molar-refractivity contribution in [3.8, 4) is 0 Å². The van der Waals surface area contributed by atoms with Gasteiger partial charge in [-0.05, 0) is 44.6 Å². The normalized spacial score (nSPS) is 21.2. The highest BCUT2D eigenvalue weighted by Gasteiger charge is 2.21. The third-order valence-corrected chi connectivity index (χ3v) is 4.38. The summed E-state index contributed by atoms with van der Waals surface area (Å²) in [6, 6.07) is 0.748. The van der Waals surface area contributed by atoms with E-state index >= 15 is 0 Å². The van der Waals surface area contributed by atoms with E-state index in [4.69, 9.17) is 0 Å². The number of hydrogen-bond donors (Lipinski definition) is 1. The van der Waals surface area contributed by atoms with Crippen LogP contribution in [0.25, 0.3) is 0 Å². The monoisotopic (exact) mass is 225 g/mol. The third kappa shape index (κ3) is 4.86. The van der Waals surface area contributed by atoms with Gasteiger partial charge in [-0.25, -0.2) is 0 Å². The van der Waals surface area contributed by atoms with Crippen molar-refractivity contribution >= 4 is 0 Å². The van der Waals surface area contributed by atoms with Crippen molar-refractivity contribution in [3.05, 3.63) is 0 Å². The topological polar surface area (TPSA) is 12.0 Å². The van der Waals surface area contributed by atoms with Crippen LogP contribution in [-0.2, 0) is 0 Å². The van der Waals surface area contributed by atoms with E-state index in [1.54, 1.807) is 0 Å². The van der Waals surface area contributed by atoms with Crippen LogP contribution in [-0.4, -0.2) is 12.6 Å². The SMILES string of the molecule is CCCCC(CC)CNC(C)C1CCCC1. The van der Waals surface area contributed by atoms with E-state index < -0.39 is 0 Å². The fourth-order valence-corrected chi connectivity index (χ4v) is 2.92. The fourth-order valence-electron chi connectivity index (χ4n) is 2.92. The lowest BCUT2D eigenvalue weighted by Crippen LogP contribution is -2.35. The van der Waals surface area contributed by atoms with Crippen LogP contribution < -0.4 is 5.32 Å². The van der Waals surface area contributed by atoms with Crippen LogP contribution >= 0.6 is 0 Å². The summed E-state index contributed by atoms with van der Waals surface area (Å²) in [5.74, 6) is 1.87. The second kappa shape index (κ2) is 8.11. The second-order valence-electron chi connectivity index (χ2n) is 5.66. The van der Waals surface area contributed by atoms with Gasteiger partial charge in [0, 0.05) is 6.04 Å². The molecule has 1 aliphatic rings. The van der Waals surface area contributed by atoms with Gasteiger partial charge >= 0.3 is 0 Å². The molecule has 1 nitrogen and oxygen atoms in total. The number of rotatable bonds is 8. The molecule has 0 aromatic rings. The van der Waals surface area contributed by atoms with Crippen molar-refractivity contribution in [1.82, 2.24) is 5.32 Å². The van der Waals surface area contributed by atoms with Gasteiger partial charge in [0.15, 0.2) is 0 Å². The summed E-state index contributed by atoms with van der Waals surface area (Å²) < 4.78 is 0. The first kappa shape index (κ1) is 14.0. The molecule has 2 atom stereocenters. The summed E-state index contributed by atoms with van der Waals surface area (Å²) in [4.78, 5) is 0. The van der Waals surface area contributed by atoms with Gasteiger partial charge in [0.25, 0.3) is 0 Å². The summed E-state index contributed by atoms with van der Waals surface area (Å²) in [6.07, 6.45) is 11.3. The average Bonchev–Trinajstić information content (AvgIpc) is 2.82. The lowest BCUT2D eigenvalue weighted by molar-refractivity contribution is 0.335. The zero-order valence-corrected chi connectivity index (χ0v) is 11.6. The molecule has 0 aromatic carbocycles. The van der Waals surface area contributed by atoms with Crippen LogP contribution in [0.4, 0.5) is 0 Å². The standard InChI is InChI=1S/C15H31N/c1-4-6-9-14(5-2)12-16-13(3)15-10-7-8-11-15/h13-16H,4-12H2,1-3H3. The van der Waals surface area contributed by atoms with Gasteiger partial charge in [-0.2, -0.15) is 0 Å². The van der Waals surface area contributed by atoms with E-state index in [0.717, 1.165) is 17.9 Å². The Morgan fingerprint density at radius 3 is 2.44 bits per heavy atom. The molecule has 1 fully saturated rings. The van der Waals surface area contributed by atoms with Gasteiger partial charge in [-0.3, -0.25) is 0 Å². The van der Waals surface area contributed by atoms with E-state index in [1.807, 2.05) is 0 Å². The molecule has 0 bridgehead atoms. The van der Waals surface area contributed by atoms with Crippen LogP contribution in [0.1, 0.15) is 72.1 Å². The number of unbranched alkanes of at least 4 members (excludes halogenated alkanes) is 1. The van der Waals surface area contributed by atoms with Gasteiger partial charge in [-0.1, -0.05) is 46.0 Å². The summed E-state index contributed by atoms with van der Waals surface area (Å²) in [5, 5.41) is 3.78. The Labute approximate surface area is 102 Å². The first-order valence-electron chi connectivity index (χ1n) is 7.51. The van der Waals surface area contributed by atoms with E-state index in [9.17, 15) is 0 Å². The highest BCUT2D eigenvalue weighted by molar-refractivity contribution is 4.78. The summed E-state index contributed by atoms with van der Waals surface area (Å²) in [5.41, 5.74) is 0. The minimum Gasteiger partial charge on any atom is -0.314 e. The van der Waals surface area contributed by atoms with E-state index in [-0.39, 0.29) is 0 Å². The van der Waals surface area contributed by atoms with E-state index in [2.05, 4.69) is 26.1 Å². The number of hydrogen-bond acceptors (Lipinski definition) is 1. The Kier molecular flexibility index (Phi) is 7.11. The molecular weight excluding hydrogens is 194 g/mol. The first-order valence-corrected chi connectivity index (χ1v) is 7.51.